The molecule has 2 heterocycles. The predicted octanol–water partition coefficient (Wildman–Crippen LogP) is 12.6. The largest absolute Gasteiger partial charge is 0.459 e. The number of carbonyl (C=O) groups is 2. The highest BCUT2D eigenvalue weighted by molar-refractivity contribution is 7.16. The SMILES string of the molecule is CCCCCCCCCCc1ccc(-c2csc(C(=O)c3ccc(-c4ccc(C(=O)O[C@@H](C)CCCCCC)cc4)cc3)c2)s1. The lowest BCUT2D eigenvalue weighted by molar-refractivity contribution is 0.0319. The van der Waals surface area contributed by atoms with Crippen LogP contribution in [0.2, 0.25) is 0 Å². The van der Waals surface area contributed by atoms with Gasteiger partial charge in [-0.15, -0.1) is 22.7 Å². The maximum atomic E-state index is 13.3. The van der Waals surface area contributed by atoms with Crippen LogP contribution < -0.4 is 0 Å². The molecule has 0 amide bonds. The van der Waals surface area contributed by atoms with Gasteiger partial charge < -0.3 is 4.74 Å². The zero-order valence-electron chi connectivity index (χ0n) is 27.4. The Balaban J connectivity index is 1.26. The Morgan fingerprint density at radius 3 is 1.89 bits per heavy atom. The fourth-order valence-corrected chi connectivity index (χ4v) is 7.59. The van der Waals surface area contributed by atoms with Gasteiger partial charge in [0.15, 0.2) is 0 Å². The normalized spacial score (nSPS) is 11.9. The van der Waals surface area contributed by atoms with Gasteiger partial charge in [-0.2, -0.15) is 0 Å². The van der Waals surface area contributed by atoms with E-state index in [2.05, 4.69) is 31.4 Å². The van der Waals surface area contributed by atoms with Crippen molar-refractivity contribution in [3.05, 3.63) is 93.0 Å². The molecule has 0 spiro atoms. The van der Waals surface area contributed by atoms with Gasteiger partial charge in [0.25, 0.3) is 0 Å². The number of unbranched alkanes of at least 4 members (excludes halogenated alkanes) is 10. The number of aryl methyl sites for hydroxylation is 1. The Bertz CT molecular complexity index is 1450. The second-order valence-corrected chi connectivity index (χ2v) is 14.3. The van der Waals surface area contributed by atoms with Crippen LogP contribution in [0.15, 0.2) is 72.1 Å². The van der Waals surface area contributed by atoms with E-state index in [-0.39, 0.29) is 17.9 Å². The number of thiophene rings is 2. The highest BCUT2D eigenvalue weighted by Gasteiger charge is 2.15. The van der Waals surface area contributed by atoms with Crippen molar-refractivity contribution < 1.29 is 14.3 Å². The summed E-state index contributed by atoms with van der Waals surface area (Å²) in [4.78, 5) is 29.3. The summed E-state index contributed by atoms with van der Waals surface area (Å²) in [5.41, 5.74) is 4.38. The number of hydrogen-bond donors (Lipinski definition) is 0. The molecular weight excluding hydrogens is 593 g/mol. The third-order valence-corrected chi connectivity index (χ3v) is 10.5. The monoisotopic (exact) mass is 642 g/mol. The van der Waals surface area contributed by atoms with Crippen LogP contribution in [0.4, 0.5) is 0 Å². The third-order valence-electron chi connectivity index (χ3n) is 8.42. The Labute approximate surface area is 279 Å². The van der Waals surface area contributed by atoms with Crippen molar-refractivity contribution in [3.8, 4) is 21.6 Å². The lowest BCUT2D eigenvalue weighted by Gasteiger charge is -2.13. The smallest absolute Gasteiger partial charge is 0.338 e. The zero-order chi connectivity index (χ0) is 31.9. The number of rotatable bonds is 20. The molecule has 0 aliphatic heterocycles. The average molecular weight is 643 g/mol. The van der Waals surface area contributed by atoms with Crippen molar-refractivity contribution in [1.82, 2.24) is 0 Å². The number of esters is 1. The lowest BCUT2D eigenvalue weighted by atomic mass is 10.0. The molecule has 4 aromatic rings. The van der Waals surface area contributed by atoms with Crippen LogP contribution in [-0.4, -0.2) is 17.9 Å². The molecule has 3 nitrogen and oxygen atoms in total. The molecule has 0 fully saturated rings. The molecule has 0 aliphatic carbocycles. The molecule has 1 atom stereocenters. The van der Waals surface area contributed by atoms with Crippen molar-refractivity contribution >= 4 is 34.4 Å². The minimum Gasteiger partial charge on any atom is -0.459 e. The maximum absolute atomic E-state index is 13.3. The molecule has 240 valence electrons. The van der Waals surface area contributed by atoms with E-state index in [1.807, 2.05) is 72.9 Å². The van der Waals surface area contributed by atoms with Gasteiger partial charge in [-0.1, -0.05) is 114 Å². The Hall–Kier alpha value is -3.02. The van der Waals surface area contributed by atoms with Gasteiger partial charge in [-0.25, -0.2) is 4.79 Å². The second kappa shape index (κ2) is 18.8. The fourth-order valence-electron chi connectivity index (χ4n) is 5.61. The van der Waals surface area contributed by atoms with E-state index in [0.29, 0.717) is 11.1 Å². The minimum absolute atomic E-state index is 0.0513. The van der Waals surface area contributed by atoms with Gasteiger partial charge in [0.2, 0.25) is 5.78 Å². The van der Waals surface area contributed by atoms with Gasteiger partial charge in [-0.3, -0.25) is 4.79 Å². The molecule has 2 aromatic carbocycles. The van der Waals surface area contributed by atoms with E-state index in [1.54, 1.807) is 0 Å². The fraction of sp³-hybridized carbons (Fsp3) is 0.450. The quantitative estimate of drug-likeness (QED) is 0.0547. The third kappa shape index (κ3) is 11.1. The Morgan fingerprint density at radius 2 is 1.24 bits per heavy atom. The standard InChI is InChI=1S/C40H50O3S2/c1-4-6-8-10-11-12-13-15-17-36-26-27-37(45-36)35-28-38(44-29-35)39(41)33-22-18-31(19-23-33)32-20-24-34(25-21-32)40(42)43-30(3)16-14-9-7-5-2/h18-30H,4-17H2,1-3H3/t30-/m0/s1. The van der Waals surface area contributed by atoms with Crippen molar-refractivity contribution in [2.24, 2.45) is 0 Å². The van der Waals surface area contributed by atoms with Crippen molar-refractivity contribution in [2.45, 2.75) is 117 Å². The first-order chi connectivity index (χ1) is 22.0. The highest BCUT2D eigenvalue weighted by atomic mass is 32.1. The molecule has 0 saturated heterocycles. The molecule has 0 aliphatic rings. The predicted molar refractivity (Wildman–Crippen MR) is 193 cm³/mol. The number of ketones is 1. The van der Waals surface area contributed by atoms with Crippen LogP contribution in [0.1, 0.15) is 135 Å². The molecule has 0 bridgehead atoms. The molecule has 0 unspecified atom stereocenters. The molecular formula is C40H50O3S2. The summed E-state index contributed by atoms with van der Waals surface area (Å²) in [5.74, 6) is -0.224. The van der Waals surface area contributed by atoms with E-state index in [4.69, 9.17) is 4.74 Å². The van der Waals surface area contributed by atoms with Crippen LogP contribution in [0.3, 0.4) is 0 Å². The van der Waals surface area contributed by atoms with Crippen molar-refractivity contribution in [3.63, 3.8) is 0 Å². The van der Waals surface area contributed by atoms with Crippen LogP contribution in [0, 0.1) is 0 Å². The molecule has 4 rings (SSSR count). The summed E-state index contributed by atoms with van der Waals surface area (Å²) in [6.45, 7) is 6.43. The van der Waals surface area contributed by atoms with Gasteiger partial charge in [0.05, 0.1) is 16.5 Å². The second-order valence-electron chi connectivity index (χ2n) is 12.2. The molecule has 0 radical (unpaired) electrons. The van der Waals surface area contributed by atoms with Crippen molar-refractivity contribution in [2.75, 3.05) is 0 Å². The number of ether oxygens (including phenoxy) is 1. The zero-order valence-corrected chi connectivity index (χ0v) is 29.1. The highest BCUT2D eigenvalue weighted by Crippen LogP contribution is 2.33. The minimum atomic E-state index is -0.275. The summed E-state index contributed by atoms with van der Waals surface area (Å²) in [7, 11) is 0. The van der Waals surface area contributed by atoms with Gasteiger partial charge in [-0.05, 0) is 74.1 Å². The van der Waals surface area contributed by atoms with Gasteiger partial charge in [0.1, 0.15) is 0 Å². The maximum Gasteiger partial charge on any atom is 0.338 e. The van der Waals surface area contributed by atoms with Gasteiger partial charge in [0, 0.05) is 26.3 Å². The Morgan fingerprint density at radius 1 is 0.667 bits per heavy atom. The first-order valence-corrected chi connectivity index (χ1v) is 18.8. The number of hydrogen-bond acceptors (Lipinski definition) is 5. The molecule has 0 saturated carbocycles. The summed E-state index contributed by atoms with van der Waals surface area (Å²) in [6.07, 6.45) is 17.4. The molecule has 0 N–H and O–H groups in total. The number of carbonyl (C=O) groups excluding carboxylic acids is 2. The molecule has 45 heavy (non-hydrogen) atoms. The van der Waals surface area contributed by atoms with Crippen LogP contribution in [0.5, 0.6) is 0 Å². The first kappa shape index (κ1) is 34.8. The number of benzene rings is 2. The topological polar surface area (TPSA) is 43.4 Å². The van der Waals surface area contributed by atoms with E-state index in [0.717, 1.165) is 40.8 Å². The summed E-state index contributed by atoms with van der Waals surface area (Å²) >= 11 is 3.38. The van der Waals surface area contributed by atoms with Crippen LogP contribution in [0.25, 0.3) is 21.6 Å². The Kier molecular flexibility index (Phi) is 14.6. The van der Waals surface area contributed by atoms with E-state index in [9.17, 15) is 9.59 Å². The lowest BCUT2D eigenvalue weighted by Crippen LogP contribution is -2.15. The van der Waals surface area contributed by atoms with Crippen molar-refractivity contribution in [1.29, 1.82) is 0 Å². The first-order valence-electron chi connectivity index (χ1n) is 17.1. The summed E-state index contributed by atoms with van der Waals surface area (Å²) < 4.78 is 5.64. The van der Waals surface area contributed by atoms with E-state index >= 15 is 0 Å². The van der Waals surface area contributed by atoms with Crippen LogP contribution in [-0.2, 0) is 11.2 Å². The molecule has 5 heteroatoms. The summed E-state index contributed by atoms with van der Waals surface area (Å²) in [5, 5.41) is 2.10. The van der Waals surface area contributed by atoms with Crippen LogP contribution >= 0.6 is 22.7 Å². The average Bonchev–Trinajstić information content (AvgIpc) is 3.75. The van der Waals surface area contributed by atoms with E-state index < -0.39 is 0 Å². The van der Waals surface area contributed by atoms with E-state index in [1.165, 1.54) is 91.7 Å². The summed E-state index contributed by atoms with van der Waals surface area (Å²) in [6, 6.07) is 21.8. The van der Waals surface area contributed by atoms with Gasteiger partial charge >= 0.3 is 5.97 Å². The molecule has 2 aromatic heterocycles.